The Kier molecular flexibility index (Phi) is 4.06. The zero-order valence-corrected chi connectivity index (χ0v) is 19.7. The number of fused-ring (bicyclic) bond motifs is 7. The smallest absolute Gasteiger partial charge is 0.146 e. The first-order valence-electron chi connectivity index (χ1n) is 12.6. The molecule has 3 heterocycles. The van der Waals surface area contributed by atoms with E-state index in [-0.39, 0.29) is 0 Å². The fraction of sp³-hybridized carbons (Fsp3) is 0.0606. The van der Waals surface area contributed by atoms with E-state index in [1.807, 2.05) is 0 Å². The lowest BCUT2D eigenvalue weighted by Crippen LogP contribution is -1.99. The van der Waals surface area contributed by atoms with E-state index in [1.54, 1.807) is 0 Å². The third-order valence-corrected chi connectivity index (χ3v) is 7.54. The van der Waals surface area contributed by atoms with E-state index in [1.165, 1.54) is 49.2 Å². The van der Waals surface area contributed by atoms with Crippen molar-refractivity contribution >= 4 is 60.3 Å². The van der Waals surface area contributed by atoms with Crippen molar-refractivity contribution in [1.82, 2.24) is 14.1 Å². The van der Waals surface area contributed by atoms with Crippen molar-refractivity contribution in [2.24, 2.45) is 0 Å². The van der Waals surface area contributed by atoms with Crippen LogP contribution < -0.4 is 0 Å². The quantitative estimate of drug-likeness (QED) is 0.253. The molecule has 0 amide bonds. The number of benzene rings is 4. The Morgan fingerprint density at radius 2 is 1.36 bits per heavy atom. The summed E-state index contributed by atoms with van der Waals surface area (Å²) in [5, 5.41) is 6.08. The maximum Gasteiger partial charge on any atom is 0.146 e. The zero-order chi connectivity index (χ0) is 23.6. The number of hydrogen-bond acceptors (Lipinski definition) is 1. The minimum atomic E-state index is 0.999. The highest BCUT2D eigenvalue weighted by molar-refractivity contribution is 6.16. The minimum Gasteiger partial charge on any atom is -0.311 e. The summed E-state index contributed by atoms with van der Waals surface area (Å²) in [5.74, 6) is 0. The number of pyridine rings is 1. The topological polar surface area (TPSA) is 22.8 Å². The molecule has 0 radical (unpaired) electrons. The molecule has 7 aromatic rings. The van der Waals surface area contributed by atoms with Crippen LogP contribution in [0.15, 0.2) is 115 Å². The number of para-hydroxylation sites is 2. The van der Waals surface area contributed by atoms with Crippen molar-refractivity contribution in [2.75, 3.05) is 0 Å². The van der Waals surface area contributed by atoms with E-state index in [2.05, 4.69) is 124 Å². The number of hydrogen-bond donors (Lipinski definition) is 0. The molecule has 1 aliphatic carbocycles. The highest BCUT2D eigenvalue weighted by Gasteiger charge is 2.20. The third-order valence-electron chi connectivity index (χ3n) is 7.54. The number of allylic oxidation sites excluding steroid dienone is 4. The van der Waals surface area contributed by atoms with Gasteiger partial charge in [0, 0.05) is 27.5 Å². The molecule has 0 atom stereocenters. The molecule has 0 bridgehead atoms. The average Bonchev–Trinajstić information content (AvgIpc) is 3.44. The summed E-state index contributed by atoms with van der Waals surface area (Å²) in [5.41, 5.74) is 8.08. The van der Waals surface area contributed by atoms with E-state index in [0.29, 0.717) is 0 Å². The van der Waals surface area contributed by atoms with Gasteiger partial charge in [0.2, 0.25) is 0 Å². The molecule has 0 spiro atoms. The Bertz CT molecular complexity index is 2050. The summed E-state index contributed by atoms with van der Waals surface area (Å²) >= 11 is 0. The summed E-state index contributed by atoms with van der Waals surface area (Å²) in [6.07, 6.45) is 8.76. The second-order valence-electron chi connectivity index (χ2n) is 9.59. The lowest BCUT2D eigenvalue weighted by molar-refractivity contribution is 0.979. The third kappa shape index (κ3) is 2.71. The van der Waals surface area contributed by atoms with E-state index >= 15 is 0 Å². The van der Waals surface area contributed by atoms with Crippen LogP contribution in [0, 0.1) is 0 Å². The van der Waals surface area contributed by atoms with Crippen molar-refractivity contribution in [2.45, 2.75) is 12.8 Å². The Hall–Kier alpha value is -4.63. The molecule has 3 heteroatoms. The van der Waals surface area contributed by atoms with Gasteiger partial charge in [0.05, 0.1) is 22.1 Å². The average molecular weight is 462 g/mol. The molecule has 0 fully saturated rings. The molecule has 0 unspecified atom stereocenters. The fourth-order valence-electron chi connectivity index (χ4n) is 5.90. The lowest BCUT2D eigenvalue weighted by Gasteiger charge is -2.13. The largest absolute Gasteiger partial charge is 0.311 e. The molecule has 3 aromatic heterocycles. The first-order valence-corrected chi connectivity index (χ1v) is 12.6. The van der Waals surface area contributed by atoms with Crippen LogP contribution in [-0.4, -0.2) is 14.1 Å². The van der Waals surface area contributed by atoms with Crippen molar-refractivity contribution in [1.29, 1.82) is 0 Å². The number of nitrogens with zero attached hydrogens (tertiary/aromatic N) is 3. The Labute approximate surface area is 208 Å². The molecule has 170 valence electrons. The highest BCUT2D eigenvalue weighted by Crippen LogP contribution is 2.38. The van der Waals surface area contributed by atoms with Gasteiger partial charge in [-0.15, -0.1) is 0 Å². The van der Waals surface area contributed by atoms with Gasteiger partial charge in [0.1, 0.15) is 5.65 Å². The molecule has 1 aliphatic rings. The maximum atomic E-state index is 5.41. The van der Waals surface area contributed by atoms with Crippen LogP contribution in [0.25, 0.3) is 66.0 Å². The van der Waals surface area contributed by atoms with Gasteiger partial charge in [-0.3, -0.25) is 4.57 Å². The minimum absolute atomic E-state index is 0.999. The molecular formula is C33H23N3. The number of rotatable bonds is 2. The lowest BCUT2D eigenvalue weighted by atomic mass is 10.1. The van der Waals surface area contributed by atoms with E-state index in [0.717, 1.165) is 29.7 Å². The van der Waals surface area contributed by atoms with Gasteiger partial charge in [-0.05, 0) is 60.0 Å². The van der Waals surface area contributed by atoms with E-state index < -0.39 is 0 Å². The number of aromatic nitrogens is 3. The summed E-state index contributed by atoms with van der Waals surface area (Å²) in [6, 6.07) is 34.9. The first-order chi connectivity index (χ1) is 17.9. The molecule has 0 aliphatic heterocycles. The Morgan fingerprint density at radius 3 is 2.19 bits per heavy atom. The van der Waals surface area contributed by atoms with Gasteiger partial charge in [-0.2, -0.15) is 0 Å². The van der Waals surface area contributed by atoms with Crippen LogP contribution in [0.2, 0.25) is 0 Å². The summed E-state index contributed by atoms with van der Waals surface area (Å²) < 4.78 is 4.74. The van der Waals surface area contributed by atoms with Crippen LogP contribution in [0.3, 0.4) is 0 Å². The normalized spacial score (nSPS) is 13.9. The van der Waals surface area contributed by atoms with Crippen molar-refractivity contribution in [3.8, 4) is 5.69 Å². The molecule has 0 saturated carbocycles. The monoisotopic (exact) mass is 461 g/mol. The highest BCUT2D eigenvalue weighted by atomic mass is 15.1. The maximum absolute atomic E-state index is 5.41. The van der Waals surface area contributed by atoms with E-state index in [9.17, 15) is 0 Å². The second kappa shape index (κ2) is 7.43. The van der Waals surface area contributed by atoms with Gasteiger partial charge < -0.3 is 4.57 Å². The van der Waals surface area contributed by atoms with Crippen LogP contribution in [-0.2, 0) is 0 Å². The Balaban J connectivity index is 1.53. The van der Waals surface area contributed by atoms with Gasteiger partial charge in [0.15, 0.2) is 0 Å². The second-order valence-corrected chi connectivity index (χ2v) is 9.59. The van der Waals surface area contributed by atoms with Crippen LogP contribution in [0.4, 0.5) is 0 Å². The first kappa shape index (κ1) is 19.7. The van der Waals surface area contributed by atoms with Crippen LogP contribution >= 0.6 is 0 Å². The summed E-state index contributed by atoms with van der Waals surface area (Å²) in [6.45, 7) is 0. The van der Waals surface area contributed by atoms with E-state index in [4.69, 9.17) is 4.98 Å². The predicted molar refractivity (Wildman–Crippen MR) is 152 cm³/mol. The van der Waals surface area contributed by atoms with Crippen LogP contribution in [0.5, 0.6) is 0 Å². The summed E-state index contributed by atoms with van der Waals surface area (Å²) in [7, 11) is 0. The molecule has 36 heavy (non-hydrogen) atoms. The van der Waals surface area contributed by atoms with Crippen molar-refractivity contribution in [3.05, 3.63) is 115 Å². The van der Waals surface area contributed by atoms with Gasteiger partial charge in [-0.25, -0.2) is 4.98 Å². The van der Waals surface area contributed by atoms with Crippen molar-refractivity contribution < 1.29 is 0 Å². The predicted octanol–water partition coefficient (Wildman–Crippen LogP) is 8.63. The molecule has 0 N–H and O–H groups in total. The molecule has 0 saturated heterocycles. The molecule has 3 nitrogen and oxygen atoms in total. The fourth-order valence-corrected chi connectivity index (χ4v) is 5.90. The SMILES string of the molecule is C1=CCCC(n2c3ccccc3c3nc4c(cc32)c2ccccc2n4-c2ccc3ccccc3c2)=C1. The van der Waals surface area contributed by atoms with Crippen molar-refractivity contribution in [3.63, 3.8) is 0 Å². The van der Waals surface area contributed by atoms with Gasteiger partial charge in [0.25, 0.3) is 0 Å². The van der Waals surface area contributed by atoms with Gasteiger partial charge in [-0.1, -0.05) is 78.9 Å². The molecule has 8 rings (SSSR count). The van der Waals surface area contributed by atoms with Gasteiger partial charge >= 0.3 is 0 Å². The van der Waals surface area contributed by atoms with Crippen LogP contribution in [0.1, 0.15) is 12.8 Å². The Morgan fingerprint density at radius 1 is 0.611 bits per heavy atom. The molecular weight excluding hydrogens is 438 g/mol. The molecule has 4 aromatic carbocycles. The zero-order valence-electron chi connectivity index (χ0n) is 19.7. The standard InChI is InChI=1S/C33H23N3/c1-2-12-24(13-3-1)35-30-17-9-7-15-27(30)32-31(35)21-28-26-14-6-8-16-29(26)36(33(28)34-32)25-19-18-22-10-4-5-11-23(22)20-25/h1-2,4-12,14-21H,3,13H2. The summed E-state index contributed by atoms with van der Waals surface area (Å²) in [4.78, 5) is 5.41.